The number of phenols is 1. The molecule has 4 N–H and O–H groups in total. The Kier molecular flexibility index (Phi) is 3.98. The third kappa shape index (κ3) is 3.00. The van der Waals surface area contributed by atoms with Crippen molar-refractivity contribution in [1.29, 1.82) is 0 Å². The molecule has 0 aromatic heterocycles. The molecule has 18 heavy (non-hydrogen) atoms. The van der Waals surface area contributed by atoms with Crippen LogP contribution in [0.1, 0.15) is 38.0 Å². The second-order valence-corrected chi connectivity index (χ2v) is 5.25. The first-order valence-electron chi connectivity index (χ1n) is 5.57. The zero-order chi connectivity index (χ0) is 14.1. The number of carboxylic acids is 1. The van der Waals surface area contributed by atoms with Crippen molar-refractivity contribution in [2.45, 2.75) is 38.4 Å². The summed E-state index contributed by atoms with van der Waals surface area (Å²) in [6, 6.07) is 4.58. The predicted molar refractivity (Wildman–Crippen MR) is 65.4 cm³/mol. The molecule has 0 bridgehead atoms. The monoisotopic (exact) mass is 254 g/mol. The van der Waals surface area contributed by atoms with Crippen LogP contribution in [0.2, 0.25) is 0 Å². The topological polar surface area (TPSA) is 98.0 Å². The van der Waals surface area contributed by atoms with Crippen molar-refractivity contribution in [2.75, 3.05) is 0 Å². The highest BCUT2D eigenvalue weighted by atomic mass is 16.4. The van der Waals surface area contributed by atoms with E-state index in [1.165, 1.54) is 12.1 Å². The first kappa shape index (κ1) is 14.5. The third-order valence-electron chi connectivity index (χ3n) is 2.76. The second kappa shape index (κ2) is 4.96. The van der Waals surface area contributed by atoms with Crippen LogP contribution in [0.4, 0.5) is 0 Å². The fourth-order valence-electron chi connectivity index (χ4n) is 1.56. The van der Waals surface area contributed by atoms with Crippen LogP contribution in [0.25, 0.3) is 0 Å². The molecule has 0 fully saturated rings. The van der Waals surface area contributed by atoms with E-state index in [0.717, 1.165) is 5.56 Å². The molecule has 0 heterocycles. The van der Waals surface area contributed by atoms with Crippen LogP contribution in [-0.2, 0) is 10.2 Å². The Labute approximate surface area is 105 Å². The lowest BCUT2D eigenvalue weighted by molar-refractivity contribution is -0.153. The lowest BCUT2D eigenvalue weighted by atomic mass is 9.85. The summed E-state index contributed by atoms with van der Waals surface area (Å²) in [5.74, 6) is -1.78. The molecular weight excluding hydrogens is 236 g/mol. The Bertz CT molecular complexity index is 447. The van der Waals surface area contributed by atoms with Gasteiger partial charge in [-0.05, 0) is 23.1 Å². The number of carbonyl (C=O) groups is 1. The summed E-state index contributed by atoms with van der Waals surface area (Å²) in [5, 5.41) is 37.3. The fraction of sp³-hybridized carbons (Fsp3) is 0.462. The van der Waals surface area contributed by atoms with Crippen molar-refractivity contribution in [3.63, 3.8) is 0 Å². The van der Waals surface area contributed by atoms with Crippen molar-refractivity contribution in [2.24, 2.45) is 0 Å². The molecule has 0 aliphatic carbocycles. The van der Waals surface area contributed by atoms with Crippen LogP contribution >= 0.6 is 0 Å². The van der Waals surface area contributed by atoms with E-state index in [1.54, 1.807) is 6.07 Å². The number of benzene rings is 1. The van der Waals surface area contributed by atoms with Gasteiger partial charge in [0, 0.05) is 5.56 Å². The summed E-state index contributed by atoms with van der Waals surface area (Å²) in [7, 11) is 0. The van der Waals surface area contributed by atoms with Gasteiger partial charge in [-0.25, -0.2) is 4.79 Å². The van der Waals surface area contributed by atoms with Crippen LogP contribution < -0.4 is 0 Å². The first-order valence-corrected chi connectivity index (χ1v) is 5.57. The van der Waals surface area contributed by atoms with Gasteiger partial charge < -0.3 is 20.4 Å². The number of aliphatic hydroxyl groups is 2. The maximum absolute atomic E-state index is 10.6. The van der Waals surface area contributed by atoms with Crippen LogP contribution in [0.15, 0.2) is 18.2 Å². The minimum atomic E-state index is -1.97. The van der Waals surface area contributed by atoms with E-state index in [2.05, 4.69) is 0 Å². The van der Waals surface area contributed by atoms with E-state index in [-0.39, 0.29) is 16.7 Å². The van der Waals surface area contributed by atoms with E-state index in [4.69, 9.17) is 5.11 Å². The molecule has 0 aliphatic rings. The summed E-state index contributed by atoms with van der Waals surface area (Å²) >= 11 is 0. The Morgan fingerprint density at radius 3 is 2.22 bits per heavy atom. The molecule has 1 rings (SSSR count). The second-order valence-electron chi connectivity index (χ2n) is 5.25. The molecule has 1 aromatic rings. The maximum atomic E-state index is 10.6. The minimum Gasteiger partial charge on any atom is -0.508 e. The molecule has 100 valence electrons. The summed E-state index contributed by atoms with van der Waals surface area (Å²) in [4.78, 5) is 10.6. The van der Waals surface area contributed by atoms with Crippen LogP contribution in [0, 0.1) is 0 Å². The Morgan fingerprint density at radius 1 is 1.22 bits per heavy atom. The van der Waals surface area contributed by atoms with E-state index in [1.807, 2.05) is 20.8 Å². The van der Waals surface area contributed by atoms with Gasteiger partial charge in [0.1, 0.15) is 11.9 Å². The molecule has 0 aliphatic heterocycles. The highest BCUT2D eigenvalue weighted by molar-refractivity contribution is 5.73. The number of aliphatic hydroxyl groups excluding tert-OH is 2. The zero-order valence-corrected chi connectivity index (χ0v) is 10.6. The van der Waals surface area contributed by atoms with Gasteiger partial charge in [-0.2, -0.15) is 0 Å². The van der Waals surface area contributed by atoms with Gasteiger partial charge in [-0.3, -0.25) is 0 Å². The quantitative estimate of drug-likeness (QED) is 0.649. The van der Waals surface area contributed by atoms with Gasteiger partial charge in [-0.1, -0.05) is 26.8 Å². The summed E-state index contributed by atoms with van der Waals surface area (Å²) in [5.41, 5.74) is 0.625. The highest BCUT2D eigenvalue weighted by Crippen LogP contribution is 2.32. The largest absolute Gasteiger partial charge is 0.508 e. The lowest BCUT2D eigenvalue weighted by Gasteiger charge is -2.22. The van der Waals surface area contributed by atoms with Crippen LogP contribution in [0.3, 0.4) is 0 Å². The van der Waals surface area contributed by atoms with Crippen molar-refractivity contribution in [1.82, 2.24) is 0 Å². The molecule has 1 aromatic carbocycles. The SMILES string of the molecule is CC(C)(C)c1ccc(O)c(C(O)C(O)C(=O)O)c1. The number of hydrogen-bond donors (Lipinski definition) is 4. The Morgan fingerprint density at radius 2 is 1.78 bits per heavy atom. The average Bonchev–Trinajstić information content (AvgIpc) is 2.26. The number of carboxylic acid groups (broad SMARTS) is 1. The van der Waals surface area contributed by atoms with E-state index in [0.29, 0.717) is 0 Å². The molecular formula is C13H18O5. The Hall–Kier alpha value is -1.59. The van der Waals surface area contributed by atoms with Gasteiger partial charge >= 0.3 is 5.97 Å². The van der Waals surface area contributed by atoms with E-state index < -0.39 is 18.2 Å². The van der Waals surface area contributed by atoms with Crippen LogP contribution in [-0.4, -0.2) is 32.5 Å². The minimum absolute atomic E-state index is 0.0114. The molecule has 0 amide bonds. The van der Waals surface area contributed by atoms with E-state index >= 15 is 0 Å². The zero-order valence-electron chi connectivity index (χ0n) is 10.6. The highest BCUT2D eigenvalue weighted by Gasteiger charge is 2.28. The van der Waals surface area contributed by atoms with Crippen molar-refractivity contribution in [3.05, 3.63) is 29.3 Å². The van der Waals surface area contributed by atoms with Gasteiger partial charge in [0.2, 0.25) is 0 Å². The average molecular weight is 254 g/mol. The summed E-state index contributed by atoms with van der Waals surface area (Å²) in [6.07, 6.45) is -3.63. The summed E-state index contributed by atoms with van der Waals surface area (Å²) < 4.78 is 0. The number of aliphatic carboxylic acids is 1. The third-order valence-corrected chi connectivity index (χ3v) is 2.76. The normalized spacial score (nSPS) is 15.2. The van der Waals surface area contributed by atoms with Crippen LogP contribution in [0.5, 0.6) is 5.75 Å². The van der Waals surface area contributed by atoms with Gasteiger partial charge in [0.15, 0.2) is 6.10 Å². The molecule has 5 heteroatoms. The smallest absolute Gasteiger partial charge is 0.335 e. The van der Waals surface area contributed by atoms with Gasteiger partial charge in [0.25, 0.3) is 0 Å². The van der Waals surface area contributed by atoms with Crippen molar-refractivity contribution < 1.29 is 25.2 Å². The standard InChI is InChI=1S/C13H18O5/c1-13(2,3)7-4-5-9(14)8(6-7)10(15)11(16)12(17)18/h4-6,10-11,14-16H,1-3H3,(H,17,18). The molecule has 0 saturated heterocycles. The van der Waals surface area contributed by atoms with Gasteiger partial charge in [-0.15, -0.1) is 0 Å². The maximum Gasteiger partial charge on any atom is 0.335 e. The van der Waals surface area contributed by atoms with Crippen molar-refractivity contribution >= 4 is 5.97 Å². The number of aromatic hydroxyl groups is 1. The number of phenolic OH excluding ortho intramolecular Hbond substituents is 1. The van der Waals surface area contributed by atoms with Crippen molar-refractivity contribution in [3.8, 4) is 5.75 Å². The summed E-state index contributed by atoms with van der Waals surface area (Å²) in [6.45, 7) is 5.84. The molecule has 2 unspecified atom stereocenters. The lowest BCUT2D eigenvalue weighted by Crippen LogP contribution is -2.27. The molecule has 0 spiro atoms. The van der Waals surface area contributed by atoms with E-state index in [9.17, 15) is 20.1 Å². The number of rotatable bonds is 3. The molecule has 0 radical (unpaired) electrons. The number of hydrogen-bond acceptors (Lipinski definition) is 4. The predicted octanol–water partition coefficient (Wildman–Crippen LogP) is 1.17. The molecule has 5 nitrogen and oxygen atoms in total. The van der Waals surface area contributed by atoms with Gasteiger partial charge in [0.05, 0.1) is 0 Å². The fourth-order valence-corrected chi connectivity index (χ4v) is 1.56. The Balaban J connectivity index is 3.20. The molecule has 2 atom stereocenters. The molecule has 0 saturated carbocycles. The first-order chi connectivity index (χ1) is 8.14.